The number of amides is 1. The Hall–Kier alpha value is -2.34. The molecule has 0 fully saturated rings. The summed E-state index contributed by atoms with van der Waals surface area (Å²) >= 11 is 0. The van der Waals surface area contributed by atoms with Crippen molar-refractivity contribution in [1.82, 2.24) is 5.32 Å². The van der Waals surface area contributed by atoms with Crippen LogP contribution >= 0.6 is 0 Å². The van der Waals surface area contributed by atoms with Crippen LogP contribution in [0.1, 0.15) is 34.3 Å². The summed E-state index contributed by atoms with van der Waals surface area (Å²) in [6.07, 6.45) is 4.92. The molecule has 0 heterocycles. The highest BCUT2D eigenvalue weighted by molar-refractivity contribution is 7.92. The number of nitrogens with one attached hydrogen (secondary N) is 2. The van der Waals surface area contributed by atoms with E-state index in [9.17, 15) is 13.2 Å². The molecule has 0 saturated carbocycles. The molecule has 5 nitrogen and oxygen atoms in total. The highest BCUT2D eigenvalue weighted by atomic mass is 32.2. The number of carbonyl (C=O) groups is 1. The second-order valence-electron chi connectivity index (χ2n) is 6.49. The lowest BCUT2D eigenvalue weighted by Gasteiger charge is -2.17. The summed E-state index contributed by atoms with van der Waals surface area (Å²) in [5.74, 6) is -0.179. The van der Waals surface area contributed by atoms with E-state index in [1.807, 2.05) is 6.07 Å². The van der Waals surface area contributed by atoms with E-state index in [1.54, 1.807) is 24.3 Å². The van der Waals surface area contributed by atoms with Gasteiger partial charge in [-0.2, -0.15) is 0 Å². The van der Waals surface area contributed by atoms with Crippen LogP contribution in [-0.4, -0.2) is 26.6 Å². The molecule has 2 aromatic rings. The summed E-state index contributed by atoms with van der Waals surface area (Å²) in [6.45, 7) is 0. The molecule has 132 valence electrons. The van der Waals surface area contributed by atoms with Crippen molar-refractivity contribution in [3.8, 4) is 0 Å². The van der Waals surface area contributed by atoms with Gasteiger partial charge in [0, 0.05) is 17.3 Å². The van der Waals surface area contributed by atoms with Crippen LogP contribution in [0.4, 0.5) is 5.69 Å². The van der Waals surface area contributed by atoms with Crippen LogP contribution in [-0.2, 0) is 22.9 Å². The molecule has 0 bridgehead atoms. The largest absolute Gasteiger partial charge is 0.349 e. The molecule has 6 heteroatoms. The standard InChI is InChI=1S/C19H22N2O3S/c1-25(23,24)21-18-11-5-9-16(13-18)19(22)20-17-10-4-8-14-6-2-3-7-15(14)12-17/h2-3,5-7,9,11,13,17,21H,4,8,10,12H2,1H3,(H,20,22). The number of anilines is 1. The van der Waals surface area contributed by atoms with Gasteiger partial charge in [0.05, 0.1) is 6.26 Å². The zero-order valence-electron chi connectivity index (χ0n) is 14.2. The molecule has 1 atom stereocenters. The molecule has 2 aromatic carbocycles. The van der Waals surface area contributed by atoms with Gasteiger partial charge in [-0.1, -0.05) is 30.3 Å². The molecule has 0 spiro atoms. The smallest absolute Gasteiger partial charge is 0.251 e. The SMILES string of the molecule is CS(=O)(=O)Nc1cccc(C(=O)NC2CCCc3ccccc3C2)c1. The van der Waals surface area contributed by atoms with Crippen molar-refractivity contribution in [3.63, 3.8) is 0 Å². The van der Waals surface area contributed by atoms with E-state index in [4.69, 9.17) is 0 Å². The Morgan fingerprint density at radius 2 is 1.84 bits per heavy atom. The molecule has 0 aromatic heterocycles. The number of rotatable bonds is 4. The van der Waals surface area contributed by atoms with Gasteiger partial charge >= 0.3 is 0 Å². The Labute approximate surface area is 148 Å². The normalized spacial score (nSPS) is 17.2. The average molecular weight is 358 g/mol. The first kappa shape index (κ1) is 17.5. The average Bonchev–Trinajstić information content (AvgIpc) is 2.75. The lowest BCUT2D eigenvalue weighted by Crippen LogP contribution is -2.36. The summed E-state index contributed by atoms with van der Waals surface area (Å²) in [5, 5.41) is 3.09. The van der Waals surface area contributed by atoms with E-state index < -0.39 is 10.0 Å². The quantitative estimate of drug-likeness (QED) is 0.825. The number of benzene rings is 2. The fourth-order valence-electron chi connectivity index (χ4n) is 3.24. The van der Waals surface area contributed by atoms with Crippen molar-refractivity contribution in [2.45, 2.75) is 31.7 Å². The first-order valence-corrected chi connectivity index (χ1v) is 10.3. The van der Waals surface area contributed by atoms with Crippen LogP contribution in [0.15, 0.2) is 48.5 Å². The molecular formula is C19H22N2O3S. The van der Waals surface area contributed by atoms with E-state index in [0.717, 1.165) is 31.9 Å². The zero-order valence-corrected chi connectivity index (χ0v) is 15.0. The second kappa shape index (κ2) is 7.27. The first-order chi connectivity index (χ1) is 11.9. The fourth-order valence-corrected chi connectivity index (χ4v) is 3.79. The van der Waals surface area contributed by atoms with Gasteiger partial charge < -0.3 is 5.32 Å². The van der Waals surface area contributed by atoms with E-state index in [0.29, 0.717) is 11.3 Å². The van der Waals surface area contributed by atoms with Crippen molar-refractivity contribution >= 4 is 21.6 Å². The Kier molecular flexibility index (Phi) is 5.08. The van der Waals surface area contributed by atoms with Gasteiger partial charge in [0.15, 0.2) is 0 Å². The summed E-state index contributed by atoms with van der Waals surface area (Å²) < 4.78 is 25.1. The minimum atomic E-state index is -3.37. The van der Waals surface area contributed by atoms with Gasteiger partial charge in [-0.15, -0.1) is 0 Å². The van der Waals surface area contributed by atoms with Crippen LogP contribution < -0.4 is 10.0 Å². The summed E-state index contributed by atoms with van der Waals surface area (Å²) in [5.41, 5.74) is 3.49. The molecule has 1 aliphatic rings. The number of aryl methyl sites for hydroxylation is 1. The van der Waals surface area contributed by atoms with E-state index in [-0.39, 0.29) is 11.9 Å². The first-order valence-electron chi connectivity index (χ1n) is 8.36. The number of carbonyl (C=O) groups excluding carboxylic acids is 1. The van der Waals surface area contributed by atoms with Gasteiger partial charge in [0.25, 0.3) is 5.91 Å². The molecule has 2 N–H and O–H groups in total. The number of hydrogen-bond donors (Lipinski definition) is 2. The summed E-state index contributed by atoms with van der Waals surface area (Å²) in [6, 6.07) is 15.0. The Bertz CT molecular complexity index is 878. The van der Waals surface area contributed by atoms with Crippen molar-refractivity contribution in [1.29, 1.82) is 0 Å². The molecule has 0 radical (unpaired) electrons. The molecule has 1 aliphatic carbocycles. The predicted octanol–water partition coefficient (Wildman–Crippen LogP) is 2.74. The Balaban J connectivity index is 1.71. The van der Waals surface area contributed by atoms with E-state index in [1.165, 1.54) is 11.1 Å². The van der Waals surface area contributed by atoms with Gasteiger partial charge in [-0.05, 0) is 55.0 Å². The van der Waals surface area contributed by atoms with Crippen LogP contribution in [0.5, 0.6) is 0 Å². The summed E-state index contributed by atoms with van der Waals surface area (Å²) in [4.78, 5) is 12.6. The predicted molar refractivity (Wildman–Crippen MR) is 99.2 cm³/mol. The van der Waals surface area contributed by atoms with Crippen LogP contribution in [0.25, 0.3) is 0 Å². The van der Waals surface area contributed by atoms with Crippen LogP contribution in [0, 0.1) is 0 Å². The lowest BCUT2D eigenvalue weighted by atomic mass is 10.0. The fraction of sp³-hybridized carbons (Fsp3) is 0.316. The molecular weight excluding hydrogens is 336 g/mol. The molecule has 25 heavy (non-hydrogen) atoms. The van der Waals surface area contributed by atoms with Gasteiger partial charge in [-0.25, -0.2) is 8.42 Å². The highest BCUT2D eigenvalue weighted by Crippen LogP contribution is 2.21. The lowest BCUT2D eigenvalue weighted by molar-refractivity contribution is 0.0935. The highest BCUT2D eigenvalue weighted by Gasteiger charge is 2.19. The van der Waals surface area contributed by atoms with Gasteiger partial charge in [0.2, 0.25) is 10.0 Å². The van der Waals surface area contributed by atoms with Crippen LogP contribution in [0.3, 0.4) is 0 Å². The van der Waals surface area contributed by atoms with E-state index >= 15 is 0 Å². The Morgan fingerprint density at radius 3 is 2.60 bits per heavy atom. The second-order valence-corrected chi connectivity index (χ2v) is 8.24. The number of sulfonamides is 1. The molecule has 0 aliphatic heterocycles. The van der Waals surface area contributed by atoms with Crippen molar-refractivity contribution < 1.29 is 13.2 Å². The maximum absolute atomic E-state index is 12.6. The number of hydrogen-bond acceptors (Lipinski definition) is 3. The molecule has 1 amide bonds. The maximum atomic E-state index is 12.6. The molecule has 1 unspecified atom stereocenters. The van der Waals surface area contributed by atoms with Gasteiger partial charge in [-0.3, -0.25) is 9.52 Å². The van der Waals surface area contributed by atoms with E-state index in [2.05, 4.69) is 28.2 Å². The van der Waals surface area contributed by atoms with Crippen molar-refractivity contribution in [3.05, 3.63) is 65.2 Å². The van der Waals surface area contributed by atoms with Crippen molar-refractivity contribution in [2.75, 3.05) is 11.0 Å². The zero-order chi connectivity index (χ0) is 17.9. The maximum Gasteiger partial charge on any atom is 0.251 e. The topological polar surface area (TPSA) is 75.3 Å². The summed E-state index contributed by atoms with van der Waals surface area (Å²) in [7, 11) is -3.37. The third kappa shape index (κ3) is 4.82. The van der Waals surface area contributed by atoms with Crippen LogP contribution in [0.2, 0.25) is 0 Å². The number of fused-ring (bicyclic) bond motifs is 1. The Morgan fingerprint density at radius 1 is 1.08 bits per heavy atom. The molecule has 3 rings (SSSR count). The van der Waals surface area contributed by atoms with Gasteiger partial charge in [0.1, 0.15) is 0 Å². The molecule has 0 saturated heterocycles. The third-order valence-corrected chi connectivity index (χ3v) is 4.95. The third-order valence-electron chi connectivity index (χ3n) is 4.35. The minimum absolute atomic E-state index is 0.0858. The monoisotopic (exact) mass is 358 g/mol. The van der Waals surface area contributed by atoms with Crippen molar-refractivity contribution in [2.24, 2.45) is 0 Å². The minimum Gasteiger partial charge on any atom is -0.349 e.